The molecule has 3 rings (SSSR count). The van der Waals surface area contributed by atoms with Crippen LogP contribution < -0.4 is 5.73 Å². The molecule has 5 heteroatoms. The number of benzene rings is 1. The van der Waals surface area contributed by atoms with Gasteiger partial charge in [0, 0.05) is 30.7 Å². The largest absolute Gasteiger partial charge is 0.370 e. The zero-order chi connectivity index (χ0) is 16.9. The zero-order valence-corrected chi connectivity index (χ0v) is 15.4. The number of likely N-dealkylation sites (tertiary alicyclic amines) is 2. The van der Waals surface area contributed by atoms with Gasteiger partial charge in [0.15, 0.2) is 5.96 Å². The van der Waals surface area contributed by atoms with E-state index in [1.165, 1.54) is 37.7 Å². The van der Waals surface area contributed by atoms with E-state index >= 15 is 0 Å². The summed E-state index contributed by atoms with van der Waals surface area (Å²) in [6.07, 6.45) is 6.19. The number of nitrogens with zero attached hydrogens (tertiary/aromatic N) is 3. The van der Waals surface area contributed by atoms with Crippen molar-refractivity contribution >= 4 is 17.6 Å². The SMILES string of the molecule is CN1CCCC(CN=C(N)N2CCCCC2)C1c1cccc(Cl)c1. The summed E-state index contributed by atoms with van der Waals surface area (Å²) < 4.78 is 0. The highest BCUT2D eigenvalue weighted by molar-refractivity contribution is 6.30. The second-order valence-electron chi connectivity index (χ2n) is 7.13. The molecule has 2 N–H and O–H groups in total. The summed E-state index contributed by atoms with van der Waals surface area (Å²) in [6, 6.07) is 8.63. The van der Waals surface area contributed by atoms with Gasteiger partial charge in [-0.25, -0.2) is 0 Å². The lowest BCUT2D eigenvalue weighted by molar-refractivity contribution is 0.125. The van der Waals surface area contributed by atoms with Crippen molar-refractivity contribution in [3.8, 4) is 0 Å². The summed E-state index contributed by atoms with van der Waals surface area (Å²) in [7, 11) is 2.20. The highest BCUT2D eigenvalue weighted by Gasteiger charge is 2.30. The standard InChI is InChI=1S/C19H29ClN4/c1-23-10-6-8-16(18(23)15-7-5-9-17(20)13-15)14-22-19(21)24-11-3-2-4-12-24/h5,7,9,13,16,18H,2-4,6,8,10-12,14H2,1H3,(H2,21,22). The Balaban J connectivity index is 1.72. The number of rotatable bonds is 3. The Morgan fingerprint density at radius 3 is 2.75 bits per heavy atom. The van der Waals surface area contributed by atoms with Gasteiger partial charge in [0.25, 0.3) is 0 Å². The first-order valence-corrected chi connectivity index (χ1v) is 9.53. The smallest absolute Gasteiger partial charge is 0.191 e. The van der Waals surface area contributed by atoms with Crippen LogP contribution in [0.2, 0.25) is 5.02 Å². The summed E-state index contributed by atoms with van der Waals surface area (Å²) in [5, 5.41) is 0.807. The minimum Gasteiger partial charge on any atom is -0.370 e. The van der Waals surface area contributed by atoms with E-state index in [0.29, 0.717) is 12.0 Å². The zero-order valence-electron chi connectivity index (χ0n) is 14.6. The van der Waals surface area contributed by atoms with E-state index in [2.05, 4.69) is 29.0 Å². The van der Waals surface area contributed by atoms with Crippen molar-refractivity contribution < 1.29 is 0 Å². The predicted octanol–water partition coefficient (Wildman–Crippen LogP) is 3.52. The van der Waals surface area contributed by atoms with Crippen LogP contribution in [0.3, 0.4) is 0 Å². The molecule has 0 bridgehead atoms. The Morgan fingerprint density at radius 1 is 1.21 bits per heavy atom. The molecule has 1 aromatic rings. The van der Waals surface area contributed by atoms with E-state index in [1.54, 1.807) is 0 Å². The van der Waals surface area contributed by atoms with Gasteiger partial charge in [-0.1, -0.05) is 23.7 Å². The average Bonchev–Trinajstić information content (AvgIpc) is 2.60. The van der Waals surface area contributed by atoms with Gasteiger partial charge in [-0.2, -0.15) is 0 Å². The van der Waals surface area contributed by atoms with Gasteiger partial charge < -0.3 is 10.6 Å². The molecule has 132 valence electrons. The van der Waals surface area contributed by atoms with E-state index < -0.39 is 0 Å². The second-order valence-corrected chi connectivity index (χ2v) is 7.57. The van der Waals surface area contributed by atoms with Gasteiger partial charge in [0.1, 0.15) is 0 Å². The molecule has 0 aromatic heterocycles. The van der Waals surface area contributed by atoms with Crippen LogP contribution in [0.15, 0.2) is 29.3 Å². The van der Waals surface area contributed by atoms with Crippen LogP contribution in [0.1, 0.15) is 43.7 Å². The van der Waals surface area contributed by atoms with Crippen molar-refractivity contribution in [3.05, 3.63) is 34.9 Å². The molecular formula is C19H29ClN4. The number of hydrogen-bond donors (Lipinski definition) is 1. The second kappa shape index (κ2) is 8.21. The van der Waals surface area contributed by atoms with Gasteiger partial charge in [-0.15, -0.1) is 0 Å². The van der Waals surface area contributed by atoms with Gasteiger partial charge in [-0.3, -0.25) is 9.89 Å². The van der Waals surface area contributed by atoms with E-state index in [0.717, 1.165) is 37.2 Å². The Hall–Kier alpha value is -1.26. The van der Waals surface area contributed by atoms with Crippen LogP contribution in [0.4, 0.5) is 0 Å². The molecule has 2 atom stereocenters. The quantitative estimate of drug-likeness (QED) is 0.671. The number of nitrogens with two attached hydrogens (primary N) is 1. The number of halogens is 1. The minimum atomic E-state index is 0.371. The maximum Gasteiger partial charge on any atom is 0.191 e. The molecule has 0 spiro atoms. The van der Waals surface area contributed by atoms with Crippen LogP contribution in [0.25, 0.3) is 0 Å². The van der Waals surface area contributed by atoms with E-state index in [4.69, 9.17) is 22.3 Å². The van der Waals surface area contributed by atoms with Crippen LogP contribution >= 0.6 is 11.6 Å². The first-order chi connectivity index (χ1) is 11.6. The van der Waals surface area contributed by atoms with E-state index in [1.807, 2.05) is 12.1 Å². The first kappa shape index (κ1) is 17.6. The van der Waals surface area contributed by atoms with Crippen molar-refractivity contribution in [2.24, 2.45) is 16.6 Å². The highest BCUT2D eigenvalue weighted by Crippen LogP contribution is 2.36. The van der Waals surface area contributed by atoms with Crippen LogP contribution in [0.5, 0.6) is 0 Å². The molecule has 2 aliphatic heterocycles. The molecule has 2 heterocycles. The van der Waals surface area contributed by atoms with E-state index in [9.17, 15) is 0 Å². The van der Waals surface area contributed by atoms with Gasteiger partial charge in [-0.05, 0) is 69.3 Å². The third kappa shape index (κ3) is 4.22. The van der Waals surface area contributed by atoms with Crippen LogP contribution in [-0.4, -0.2) is 49.0 Å². The summed E-state index contributed by atoms with van der Waals surface area (Å²) in [6.45, 7) is 4.03. The lowest BCUT2D eigenvalue weighted by Crippen LogP contribution is -2.42. The maximum absolute atomic E-state index is 6.25. The molecular weight excluding hydrogens is 320 g/mol. The van der Waals surface area contributed by atoms with Crippen molar-refractivity contribution in [1.29, 1.82) is 0 Å². The summed E-state index contributed by atoms with van der Waals surface area (Å²) >= 11 is 6.22. The first-order valence-electron chi connectivity index (χ1n) is 9.16. The molecule has 4 nitrogen and oxygen atoms in total. The van der Waals surface area contributed by atoms with Gasteiger partial charge in [0.05, 0.1) is 0 Å². The molecule has 2 fully saturated rings. The number of piperidine rings is 2. The monoisotopic (exact) mass is 348 g/mol. The van der Waals surface area contributed by atoms with Crippen molar-refractivity contribution in [3.63, 3.8) is 0 Å². The molecule has 2 aliphatic rings. The number of aliphatic imine (C=N–C) groups is 1. The molecule has 2 saturated heterocycles. The van der Waals surface area contributed by atoms with E-state index in [-0.39, 0.29) is 0 Å². The maximum atomic E-state index is 6.25. The highest BCUT2D eigenvalue weighted by atomic mass is 35.5. The van der Waals surface area contributed by atoms with Crippen LogP contribution in [0, 0.1) is 5.92 Å². The Labute approximate surface area is 150 Å². The Morgan fingerprint density at radius 2 is 2.00 bits per heavy atom. The van der Waals surface area contributed by atoms with Gasteiger partial charge in [0.2, 0.25) is 0 Å². The Bertz CT molecular complexity index is 568. The fourth-order valence-electron chi connectivity index (χ4n) is 4.10. The lowest BCUT2D eigenvalue weighted by Gasteiger charge is -2.39. The fourth-order valence-corrected chi connectivity index (χ4v) is 4.30. The van der Waals surface area contributed by atoms with Gasteiger partial charge >= 0.3 is 0 Å². The lowest BCUT2D eigenvalue weighted by atomic mass is 9.85. The van der Waals surface area contributed by atoms with Crippen LogP contribution in [-0.2, 0) is 0 Å². The number of hydrogen-bond acceptors (Lipinski definition) is 2. The fraction of sp³-hybridized carbons (Fsp3) is 0.632. The molecule has 0 radical (unpaired) electrons. The van der Waals surface area contributed by atoms with Crippen molar-refractivity contribution in [1.82, 2.24) is 9.80 Å². The molecule has 0 saturated carbocycles. The third-order valence-corrected chi connectivity index (χ3v) is 5.60. The van der Waals surface area contributed by atoms with Crippen molar-refractivity contribution in [2.45, 2.75) is 38.1 Å². The molecule has 24 heavy (non-hydrogen) atoms. The minimum absolute atomic E-state index is 0.371. The predicted molar refractivity (Wildman–Crippen MR) is 101 cm³/mol. The molecule has 1 aromatic carbocycles. The topological polar surface area (TPSA) is 44.9 Å². The number of guanidine groups is 1. The third-order valence-electron chi connectivity index (χ3n) is 5.37. The molecule has 0 aliphatic carbocycles. The Kier molecular flexibility index (Phi) is 6.01. The summed E-state index contributed by atoms with van der Waals surface area (Å²) in [5.74, 6) is 1.22. The normalized spacial score (nSPS) is 26.6. The average molecular weight is 349 g/mol. The summed E-state index contributed by atoms with van der Waals surface area (Å²) in [5.41, 5.74) is 7.54. The molecule has 2 unspecified atom stereocenters. The molecule has 0 amide bonds. The summed E-state index contributed by atoms with van der Waals surface area (Å²) in [4.78, 5) is 9.44. The van der Waals surface area contributed by atoms with Crippen molar-refractivity contribution in [2.75, 3.05) is 33.2 Å².